The van der Waals surface area contributed by atoms with Gasteiger partial charge < -0.3 is 0 Å². The van der Waals surface area contributed by atoms with Gasteiger partial charge in [-0.3, -0.25) is 15.0 Å². The molecule has 0 aliphatic carbocycles. The summed E-state index contributed by atoms with van der Waals surface area (Å²) < 4.78 is 13.5. The van der Waals surface area contributed by atoms with Gasteiger partial charge in [-0.15, -0.1) is 0 Å². The third-order valence-electron chi connectivity index (χ3n) is 3.54. The highest BCUT2D eigenvalue weighted by Gasteiger charge is 2.20. The van der Waals surface area contributed by atoms with Gasteiger partial charge in [0.1, 0.15) is 0 Å². The SMILES string of the molecule is CC1CCCCN1Cc1ccc([N+](=O)[O-])c(F)c1. The Hall–Kier alpha value is -1.49. The Kier molecular flexibility index (Phi) is 3.91. The Morgan fingerprint density at radius 1 is 1.50 bits per heavy atom. The monoisotopic (exact) mass is 252 g/mol. The molecular weight excluding hydrogens is 235 g/mol. The largest absolute Gasteiger partial charge is 0.304 e. The van der Waals surface area contributed by atoms with Crippen molar-refractivity contribution >= 4 is 5.69 Å². The van der Waals surface area contributed by atoms with E-state index in [9.17, 15) is 14.5 Å². The lowest BCUT2D eigenvalue weighted by atomic mass is 10.0. The van der Waals surface area contributed by atoms with E-state index >= 15 is 0 Å². The van der Waals surface area contributed by atoms with Gasteiger partial charge in [0, 0.05) is 18.7 Å². The molecule has 18 heavy (non-hydrogen) atoms. The minimum Gasteiger partial charge on any atom is -0.296 e. The minimum absolute atomic E-state index is 0.453. The van der Waals surface area contributed by atoms with E-state index in [0.29, 0.717) is 12.6 Å². The summed E-state index contributed by atoms with van der Waals surface area (Å²) in [6.07, 6.45) is 3.57. The topological polar surface area (TPSA) is 46.4 Å². The molecule has 1 saturated heterocycles. The predicted octanol–water partition coefficient (Wildman–Crippen LogP) is 3.11. The normalized spacial score (nSPS) is 20.9. The zero-order valence-electron chi connectivity index (χ0n) is 10.4. The molecule has 2 rings (SSSR count). The Balaban J connectivity index is 2.10. The fraction of sp³-hybridized carbons (Fsp3) is 0.538. The quantitative estimate of drug-likeness (QED) is 0.613. The summed E-state index contributed by atoms with van der Waals surface area (Å²) in [5.41, 5.74) is 0.345. The van der Waals surface area contributed by atoms with Crippen molar-refractivity contribution in [2.24, 2.45) is 0 Å². The maximum atomic E-state index is 13.5. The first-order valence-corrected chi connectivity index (χ1v) is 6.25. The highest BCUT2D eigenvalue weighted by Crippen LogP contribution is 2.22. The molecule has 5 heteroatoms. The molecule has 0 spiro atoms. The summed E-state index contributed by atoms with van der Waals surface area (Å²) in [7, 11) is 0. The highest BCUT2D eigenvalue weighted by atomic mass is 19.1. The molecule has 0 bridgehead atoms. The summed E-state index contributed by atoms with van der Waals surface area (Å²) >= 11 is 0. The van der Waals surface area contributed by atoms with Crippen molar-refractivity contribution in [2.45, 2.75) is 38.8 Å². The molecule has 1 aliphatic heterocycles. The molecule has 1 heterocycles. The van der Waals surface area contributed by atoms with Crippen LogP contribution >= 0.6 is 0 Å². The van der Waals surface area contributed by atoms with E-state index in [0.717, 1.165) is 18.5 Å². The van der Waals surface area contributed by atoms with Crippen LogP contribution in [0.4, 0.5) is 10.1 Å². The van der Waals surface area contributed by atoms with Gasteiger partial charge >= 0.3 is 5.69 Å². The fourth-order valence-electron chi connectivity index (χ4n) is 2.42. The second kappa shape index (κ2) is 5.44. The van der Waals surface area contributed by atoms with Gasteiger partial charge in [-0.05, 0) is 37.9 Å². The van der Waals surface area contributed by atoms with Crippen LogP contribution in [-0.2, 0) is 6.54 Å². The van der Waals surface area contributed by atoms with E-state index in [2.05, 4.69) is 11.8 Å². The van der Waals surface area contributed by atoms with Crippen LogP contribution in [0, 0.1) is 15.9 Å². The van der Waals surface area contributed by atoms with E-state index in [1.807, 2.05) is 0 Å². The Morgan fingerprint density at radius 2 is 2.28 bits per heavy atom. The average molecular weight is 252 g/mol. The van der Waals surface area contributed by atoms with Crippen molar-refractivity contribution in [3.8, 4) is 0 Å². The molecule has 1 aromatic rings. The van der Waals surface area contributed by atoms with Gasteiger partial charge in [0.25, 0.3) is 0 Å². The third kappa shape index (κ3) is 2.85. The smallest absolute Gasteiger partial charge is 0.296 e. The van der Waals surface area contributed by atoms with Gasteiger partial charge in [-0.2, -0.15) is 4.39 Å². The first kappa shape index (κ1) is 13.0. The molecular formula is C13H17FN2O2. The van der Waals surface area contributed by atoms with Crippen LogP contribution in [0.3, 0.4) is 0 Å². The third-order valence-corrected chi connectivity index (χ3v) is 3.54. The maximum absolute atomic E-state index is 13.5. The molecule has 0 saturated carbocycles. The molecule has 1 unspecified atom stereocenters. The molecule has 1 aliphatic rings. The number of nitro benzene ring substituents is 1. The molecule has 1 atom stereocenters. The highest BCUT2D eigenvalue weighted by molar-refractivity contribution is 5.35. The number of nitro groups is 1. The first-order chi connectivity index (χ1) is 8.58. The van der Waals surface area contributed by atoms with Gasteiger partial charge in [-0.1, -0.05) is 12.5 Å². The van der Waals surface area contributed by atoms with E-state index in [4.69, 9.17) is 0 Å². The summed E-state index contributed by atoms with van der Waals surface area (Å²) in [5, 5.41) is 10.5. The van der Waals surface area contributed by atoms with Crippen molar-refractivity contribution in [3.05, 3.63) is 39.7 Å². The van der Waals surface area contributed by atoms with Crippen LogP contribution in [0.5, 0.6) is 0 Å². The molecule has 4 nitrogen and oxygen atoms in total. The lowest BCUT2D eigenvalue weighted by molar-refractivity contribution is -0.387. The van der Waals surface area contributed by atoms with Crippen molar-refractivity contribution < 1.29 is 9.31 Å². The van der Waals surface area contributed by atoms with Gasteiger partial charge in [0.2, 0.25) is 5.82 Å². The Morgan fingerprint density at radius 3 is 2.89 bits per heavy atom. The predicted molar refractivity (Wildman–Crippen MR) is 66.8 cm³/mol. The number of hydrogen-bond acceptors (Lipinski definition) is 3. The van der Waals surface area contributed by atoms with Gasteiger partial charge in [-0.25, -0.2) is 0 Å². The number of piperidine rings is 1. The van der Waals surface area contributed by atoms with Gasteiger partial charge in [0.15, 0.2) is 0 Å². The van der Waals surface area contributed by atoms with Crippen molar-refractivity contribution in [3.63, 3.8) is 0 Å². The molecule has 0 radical (unpaired) electrons. The summed E-state index contributed by atoms with van der Waals surface area (Å²) in [5.74, 6) is -0.748. The van der Waals surface area contributed by atoms with Crippen LogP contribution in [0.1, 0.15) is 31.7 Å². The standard InChI is InChI=1S/C13H17FN2O2/c1-10-4-2-3-7-15(10)9-11-5-6-13(16(17)18)12(14)8-11/h5-6,8,10H,2-4,7,9H2,1H3. The number of hydrogen-bond donors (Lipinski definition) is 0. The van der Waals surface area contributed by atoms with Crippen LogP contribution < -0.4 is 0 Å². The fourth-order valence-corrected chi connectivity index (χ4v) is 2.42. The van der Waals surface area contributed by atoms with Gasteiger partial charge in [0.05, 0.1) is 4.92 Å². The van der Waals surface area contributed by atoms with E-state index in [1.165, 1.54) is 25.0 Å². The Labute approximate surface area is 106 Å². The van der Waals surface area contributed by atoms with E-state index in [1.54, 1.807) is 6.07 Å². The van der Waals surface area contributed by atoms with Crippen LogP contribution in [0.2, 0.25) is 0 Å². The van der Waals surface area contributed by atoms with Crippen LogP contribution in [0.25, 0.3) is 0 Å². The lowest BCUT2D eigenvalue weighted by Gasteiger charge is -2.33. The lowest BCUT2D eigenvalue weighted by Crippen LogP contribution is -2.36. The molecule has 98 valence electrons. The van der Waals surface area contributed by atoms with Crippen molar-refractivity contribution in [1.82, 2.24) is 4.90 Å². The average Bonchev–Trinajstić information content (AvgIpc) is 2.32. The van der Waals surface area contributed by atoms with Crippen LogP contribution in [-0.4, -0.2) is 22.4 Å². The number of nitrogens with zero attached hydrogens (tertiary/aromatic N) is 2. The molecule has 0 aromatic heterocycles. The summed E-state index contributed by atoms with van der Waals surface area (Å²) in [6.45, 7) is 3.84. The van der Waals surface area contributed by atoms with E-state index in [-0.39, 0.29) is 0 Å². The van der Waals surface area contributed by atoms with E-state index < -0.39 is 16.4 Å². The Bertz CT molecular complexity index is 451. The first-order valence-electron chi connectivity index (χ1n) is 6.25. The number of likely N-dealkylation sites (tertiary alicyclic amines) is 1. The molecule has 1 fully saturated rings. The molecule has 1 aromatic carbocycles. The molecule has 0 amide bonds. The summed E-state index contributed by atoms with van der Waals surface area (Å²) in [6, 6.07) is 4.67. The van der Waals surface area contributed by atoms with Crippen molar-refractivity contribution in [1.29, 1.82) is 0 Å². The number of benzene rings is 1. The minimum atomic E-state index is -0.748. The zero-order chi connectivity index (χ0) is 13.1. The van der Waals surface area contributed by atoms with Crippen LogP contribution in [0.15, 0.2) is 18.2 Å². The second-order valence-corrected chi connectivity index (χ2v) is 4.86. The second-order valence-electron chi connectivity index (χ2n) is 4.86. The van der Waals surface area contributed by atoms with Crippen molar-refractivity contribution in [2.75, 3.05) is 6.54 Å². The number of halogens is 1. The summed E-state index contributed by atoms with van der Waals surface area (Å²) in [4.78, 5) is 12.1. The molecule has 0 N–H and O–H groups in total. The maximum Gasteiger partial charge on any atom is 0.304 e. The number of rotatable bonds is 3. The zero-order valence-corrected chi connectivity index (χ0v) is 10.4.